The number of hydrogen-bond donors (Lipinski definition) is 4. The summed E-state index contributed by atoms with van der Waals surface area (Å²) in [6.07, 6.45) is 2.29. The molecule has 1 unspecified atom stereocenters. The van der Waals surface area contributed by atoms with Crippen molar-refractivity contribution < 1.29 is 0 Å². The molecule has 4 heteroatoms. The molecular formula is C9H22N4. The van der Waals surface area contributed by atoms with Crippen molar-refractivity contribution in [3.63, 3.8) is 0 Å². The van der Waals surface area contributed by atoms with Gasteiger partial charge in [0.15, 0.2) is 0 Å². The largest absolute Gasteiger partial charge is 0.330 e. The van der Waals surface area contributed by atoms with E-state index >= 15 is 0 Å². The van der Waals surface area contributed by atoms with E-state index in [9.17, 15) is 0 Å². The summed E-state index contributed by atoms with van der Waals surface area (Å²) >= 11 is 0. The molecule has 0 spiro atoms. The third kappa shape index (κ3) is 5.21. The fourth-order valence-electron chi connectivity index (χ4n) is 1.55. The van der Waals surface area contributed by atoms with Crippen LogP contribution in [0, 0.1) is 0 Å². The van der Waals surface area contributed by atoms with Gasteiger partial charge in [-0.1, -0.05) is 0 Å². The third-order valence-corrected chi connectivity index (χ3v) is 2.35. The molecule has 0 radical (unpaired) electrons. The molecule has 78 valence electrons. The van der Waals surface area contributed by atoms with Gasteiger partial charge < -0.3 is 21.7 Å². The summed E-state index contributed by atoms with van der Waals surface area (Å²) in [6.45, 7) is 6.26. The molecule has 1 fully saturated rings. The molecule has 13 heavy (non-hydrogen) atoms. The first kappa shape index (κ1) is 10.9. The van der Waals surface area contributed by atoms with Crippen molar-refractivity contribution >= 4 is 0 Å². The molecule has 0 aromatic rings. The number of nitrogens with one attached hydrogen (secondary N) is 3. The van der Waals surface area contributed by atoms with Gasteiger partial charge in [0.25, 0.3) is 0 Å². The van der Waals surface area contributed by atoms with Crippen LogP contribution in [-0.4, -0.2) is 45.3 Å². The minimum atomic E-state index is 0.652. The quantitative estimate of drug-likeness (QED) is 0.397. The number of hydrogen-bond acceptors (Lipinski definition) is 4. The van der Waals surface area contributed by atoms with Gasteiger partial charge >= 0.3 is 0 Å². The first-order chi connectivity index (χ1) is 6.43. The first-order valence-electron chi connectivity index (χ1n) is 5.28. The summed E-state index contributed by atoms with van der Waals surface area (Å²) in [5.74, 6) is 0. The van der Waals surface area contributed by atoms with E-state index in [4.69, 9.17) is 5.73 Å². The van der Waals surface area contributed by atoms with Gasteiger partial charge in [0, 0.05) is 25.7 Å². The van der Waals surface area contributed by atoms with Gasteiger partial charge in [0.1, 0.15) is 0 Å². The van der Waals surface area contributed by atoms with Crippen LogP contribution in [0.15, 0.2) is 0 Å². The van der Waals surface area contributed by atoms with Gasteiger partial charge in [-0.2, -0.15) is 0 Å². The Bertz CT molecular complexity index is 112. The van der Waals surface area contributed by atoms with Crippen molar-refractivity contribution in [3.8, 4) is 0 Å². The monoisotopic (exact) mass is 186 g/mol. The Morgan fingerprint density at radius 2 is 2.23 bits per heavy atom. The first-order valence-corrected chi connectivity index (χ1v) is 5.28. The minimum absolute atomic E-state index is 0.652. The lowest BCUT2D eigenvalue weighted by Crippen LogP contribution is -2.49. The average molecular weight is 186 g/mol. The maximum Gasteiger partial charge on any atom is 0.0205 e. The molecule has 5 N–H and O–H groups in total. The van der Waals surface area contributed by atoms with E-state index in [0.717, 1.165) is 45.7 Å². The summed E-state index contributed by atoms with van der Waals surface area (Å²) < 4.78 is 0. The van der Waals surface area contributed by atoms with E-state index in [-0.39, 0.29) is 0 Å². The molecule has 1 atom stereocenters. The Hall–Kier alpha value is -0.160. The van der Waals surface area contributed by atoms with Crippen LogP contribution in [0.2, 0.25) is 0 Å². The van der Waals surface area contributed by atoms with Crippen LogP contribution in [0.25, 0.3) is 0 Å². The molecule has 0 bridgehead atoms. The zero-order valence-electron chi connectivity index (χ0n) is 8.31. The third-order valence-electron chi connectivity index (χ3n) is 2.35. The molecule has 1 heterocycles. The maximum absolute atomic E-state index is 5.39. The molecule has 1 rings (SSSR count). The van der Waals surface area contributed by atoms with E-state index in [1.807, 2.05) is 0 Å². The average Bonchev–Trinajstić information content (AvgIpc) is 2.19. The Morgan fingerprint density at radius 1 is 1.31 bits per heavy atom. The molecule has 1 aliphatic heterocycles. The van der Waals surface area contributed by atoms with Gasteiger partial charge in [-0.05, 0) is 32.5 Å². The van der Waals surface area contributed by atoms with E-state index in [0.29, 0.717) is 6.04 Å². The van der Waals surface area contributed by atoms with Gasteiger partial charge in [-0.3, -0.25) is 0 Å². The Labute approximate surface area is 80.6 Å². The normalized spacial score (nSPS) is 23.3. The second kappa shape index (κ2) is 7.26. The minimum Gasteiger partial charge on any atom is -0.330 e. The SMILES string of the molecule is NCCCNCCC1CNCCN1. The van der Waals surface area contributed by atoms with E-state index < -0.39 is 0 Å². The van der Waals surface area contributed by atoms with E-state index in [1.165, 1.54) is 6.42 Å². The Morgan fingerprint density at radius 3 is 2.92 bits per heavy atom. The number of nitrogens with two attached hydrogens (primary N) is 1. The summed E-state index contributed by atoms with van der Waals surface area (Å²) in [6, 6.07) is 0.652. The lowest BCUT2D eigenvalue weighted by Gasteiger charge is -2.24. The molecule has 1 aliphatic rings. The second-order valence-corrected chi connectivity index (χ2v) is 3.54. The smallest absolute Gasteiger partial charge is 0.0205 e. The lowest BCUT2D eigenvalue weighted by molar-refractivity contribution is 0.392. The molecule has 0 aromatic heterocycles. The zero-order valence-corrected chi connectivity index (χ0v) is 8.31. The van der Waals surface area contributed by atoms with Gasteiger partial charge in [-0.15, -0.1) is 0 Å². The van der Waals surface area contributed by atoms with Crippen molar-refractivity contribution in [2.45, 2.75) is 18.9 Å². The van der Waals surface area contributed by atoms with Crippen molar-refractivity contribution in [1.29, 1.82) is 0 Å². The topological polar surface area (TPSA) is 62.1 Å². The van der Waals surface area contributed by atoms with Crippen LogP contribution in [-0.2, 0) is 0 Å². The highest BCUT2D eigenvalue weighted by molar-refractivity contribution is 4.75. The highest BCUT2D eigenvalue weighted by atomic mass is 15.1. The molecule has 0 aromatic carbocycles. The number of rotatable bonds is 6. The summed E-state index contributed by atoms with van der Waals surface area (Å²) in [7, 11) is 0. The standard InChI is InChI=1S/C9H22N4/c10-3-1-4-11-5-2-9-8-12-6-7-13-9/h9,11-13H,1-8,10H2. The summed E-state index contributed by atoms with van der Waals surface area (Å²) in [5, 5.41) is 10.2. The molecule has 0 saturated carbocycles. The predicted molar refractivity (Wildman–Crippen MR) is 55.8 cm³/mol. The fourth-order valence-corrected chi connectivity index (χ4v) is 1.55. The predicted octanol–water partition coefficient (Wildman–Crippen LogP) is -1.12. The van der Waals surface area contributed by atoms with Gasteiger partial charge in [-0.25, -0.2) is 0 Å². The highest BCUT2D eigenvalue weighted by Gasteiger charge is 2.10. The Kier molecular flexibility index (Phi) is 6.10. The van der Waals surface area contributed by atoms with Crippen molar-refractivity contribution in [3.05, 3.63) is 0 Å². The van der Waals surface area contributed by atoms with Gasteiger partial charge in [0.05, 0.1) is 0 Å². The molecule has 4 nitrogen and oxygen atoms in total. The number of piperazine rings is 1. The Balaban J connectivity index is 1.86. The lowest BCUT2D eigenvalue weighted by atomic mass is 10.1. The van der Waals surface area contributed by atoms with Crippen molar-refractivity contribution in [1.82, 2.24) is 16.0 Å². The van der Waals surface area contributed by atoms with Crippen LogP contribution in [0.5, 0.6) is 0 Å². The highest BCUT2D eigenvalue weighted by Crippen LogP contribution is 1.92. The second-order valence-electron chi connectivity index (χ2n) is 3.54. The van der Waals surface area contributed by atoms with Crippen LogP contribution in [0.4, 0.5) is 0 Å². The van der Waals surface area contributed by atoms with Crippen molar-refractivity contribution in [2.75, 3.05) is 39.3 Å². The van der Waals surface area contributed by atoms with E-state index in [2.05, 4.69) is 16.0 Å². The molecule has 0 amide bonds. The van der Waals surface area contributed by atoms with Gasteiger partial charge in [0.2, 0.25) is 0 Å². The van der Waals surface area contributed by atoms with Crippen LogP contribution in [0.3, 0.4) is 0 Å². The molecular weight excluding hydrogens is 164 g/mol. The molecule has 0 aliphatic carbocycles. The zero-order chi connectivity index (χ0) is 9.36. The maximum atomic E-state index is 5.39. The van der Waals surface area contributed by atoms with Crippen LogP contribution in [0.1, 0.15) is 12.8 Å². The van der Waals surface area contributed by atoms with Crippen LogP contribution < -0.4 is 21.7 Å². The summed E-state index contributed by atoms with van der Waals surface area (Å²) in [4.78, 5) is 0. The van der Waals surface area contributed by atoms with Crippen molar-refractivity contribution in [2.24, 2.45) is 5.73 Å². The van der Waals surface area contributed by atoms with Crippen LogP contribution >= 0.6 is 0 Å². The summed E-state index contributed by atoms with van der Waals surface area (Å²) in [5.41, 5.74) is 5.39. The molecule has 1 saturated heterocycles. The van der Waals surface area contributed by atoms with E-state index in [1.54, 1.807) is 0 Å². The fraction of sp³-hybridized carbons (Fsp3) is 1.00.